The van der Waals surface area contributed by atoms with Gasteiger partial charge in [-0.1, -0.05) is 32.0 Å². The van der Waals surface area contributed by atoms with Crippen LogP contribution in [0.5, 0.6) is 0 Å². The monoisotopic (exact) mass is 264 g/mol. The van der Waals surface area contributed by atoms with Crippen molar-refractivity contribution in [3.05, 3.63) is 29.8 Å². The van der Waals surface area contributed by atoms with Crippen LogP contribution in [0.3, 0.4) is 0 Å². The van der Waals surface area contributed by atoms with Gasteiger partial charge in [0.25, 0.3) is 0 Å². The number of nitrogens with zero attached hydrogens (tertiary/aromatic N) is 1. The first-order valence-corrected chi connectivity index (χ1v) is 7.06. The average Bonchev–Trinajstić information content (AvgIpc) is 2.38. The molecule has 0 aliphatic rings. The molecule has 0 aliphatic carbocycles. The predicted octanol–water partition coefficient (Wildman–Crippen LogP) is 2.90. The van der Waals surface area contributed by atoms with Crippen LogP contribution in [0.1, 0.15) is 26.3 Å². The molecule has 0 radical (unpaired) electrons. The molecule has 0 saturated heterocycles. The molecule has 1 atom stereocenters. The number of para-hydroxylation sites is 1. The summed E-state index contributed by atoms with van der Waals surface area (Å²) >= 11 is 0. The van der Waals surface area contributed by atoms with Gasteiger partial charge in [-0.05, 0) is 31.0 Å². The third-order valence-corrected chi connectivity index (χ3v) is 3.31. The summed E-state index contributed by atoms with van der Waals surface area (Å²) in [6.45, 7) is 9.34. The van der Waals surface area contributed by atoms with E-state index in [1.807, 2.05) is 0 Å². The van der Waals surface area contributed by atoms with Gasteiger partial charge in [0.1, 0.15) is 0 Å². The first-order chi connectivity index (χ1) is 9.06. The molecule has 0 bridgehead atoms. The Morgan fingerprint density at radius 2 is 1.89 bits per heavy atom. The Morgan fingerprint density at radius 3 is 2.53 bits per heavy atom. The first kappa shape index (κ1) is 16.0. The van der Waals surface area contributed by atoms with E-state index in [0.29, 0.717) is 12.0 Å². The molecular formula is C16H28N2O. The van der Waals surface area contributed by atoms with Crippen molar-refractivity contribution in [2.75, 3.05) is 32.2 Å². The van der Waals surface area contributed by atoms with E-state index in [9.17, 15) is 0 Å². The Kier molecular flexibility index (Phi) is 6.89. The van der Waals surface area contributed by atoms with Gasteiger partial charge in [0, 0.05) is 32.4 Å². The van der Waals surface area contributed by atoms with Crippen molar-refractivity contribution in [2.24, 2.45) is 5.92 Å². The molecule has 0 fully saturated rings. The standard InChI is InChI=1S/C16H28N2O/c1-13(2)10-17-11-15-8-6-7-9-16(15)18(4)14(3)12-19-5/h6-9,13-14,17H,10-12H2,1-5H3. The highest BCUT2D eigenvalue weighted by molar-refractivity contribution is 5.53. The maximum absolute atomic E-state index is 5.24. The molecule has 1 aromatic rings. The number of ether oxygens (including phenoxy) is 1. The Balaban J connectivity index is 2.71. The number of benzene rings is 1. The summed E-state index contributed by atoms with van der Waals surface area (Å²) in [5, 5.41) is 3.51. The number of rotatable bonds is 8. The highest BCUT2D eigenvalue weighted by Gasteiger charge is 2.12. The SMILES string of the molecule is COCC(C)N(C)c1ccccc1CNCC(C)C. The van der Waals surface area contributed by atoms with E-state index in [0.717, 1.165) is 19.7 Å². The summed E-state index contributed by atoms with van der Waals surface area (Å²) < 4.78 is 5.24. The largest absolute Gasteiger partial charge is 0.383 e. The summed E-state index contributed by atoms with van der Waals surface area (Å²) in [5.41, 5.74) is 2.62. The van der Waals surface area contributed by atoms with Crippen LogP contribution in [0.15, 0.2) is 24.3 Å². The zero-order chi connectivity index (χ0) is 14.3. The molecule has 0 heterocycles. The fourth-order valence-electron chi connectivity index (χ4n) is 2.09. The summed E-state index contributed by atoms with van der Waals surface area (Å²) in [7, 11) is 3.88. The molecule has 3 nitrogen and oxygen atoms in total. The quantitative estimate of drug-likeness (QED) is 0.781. The molecule has 1 rings (SSSR count). The summed E-state index contributed by atoms with van der Waals surface area (Å²) in [6, 6.07) is 8.94. The van der Waals surface area contributed by atoms with Crippen molar-refractivity contribution in [1.82, 2.24) is 5.32 Å². The summed E-state index contributed by atoms with van der Waals surface area (Å²) in [6.07, 6.45) is 0. The van der Waals surface area contributed by atoms with Crippen molar-refractivity contribution in [2.45, 2.75) is 33.4 Å². The number of nitrogens with one attached hydrogen (secondary N) is 1. The number of likely N-dealkylation sites (N-methyl/N-ethyl adjacent to an activating group) is 1. The Labute approximate surface area is 118 Å². The lowest BCUT2D eigenvalue weighted by molar-refractivity contribution is 0.183. The Hall–Kier alpha value is -1.06. The molecule has 108 valence electrons. The molecule has 0 saturated carbocycles. The Morgan fingerprint density at radius 1 is 1.21 bits per heavy atom. The summed E-state index contributed by atoms with van der Waals surface area (Å²) in [5.74, 6) is 0.678. The normalized spacial score (nSPS) is 12.7. The van der Waals surface area contributed by atoms with Crippen molar-refractivity contribution in [3.8, 4) is 0 Å². The number of hydrogen-bond donors (Lipinski definition) is 1. The fourth-order valence-corrected chi connectivity index (χ4v) is 2.09. The minimum absolute atomic E-state index is 0.372. The van der Waals surface area contributed by atoms with Crippen LogP contribution < -0.4 is 10.2 Å². The van der Waals surface area contributed by atoms with Gasteiger partial charge in [0.15, 0.2) is 0 Å². The third kappa shape index (κ3) is 5.21. The minimum atomic E-state index is 0.372. The van der Waals surface area contributed by atoms with Crippen LogP contribution in [0, 0.1) is 5.92 Å². The van der Waals surface area contributed by atoms with Gasteiger partial charge in [-0.25, -0.2) is 0 Å². The summed E-state index contributed by atoms with van der Waals surface area (Å²) in [4.78, 5) is 2.29. The van der Waals surface area contributed by atoms with E-state index < -0.39 is 0 Å². The van der Waals surface area contributed by atoms with Gasteiger partial charge in [-0.2, -0.15) is 0 Å². The van der Waals surface area contributed by atoms with Crippen molar-refractivity contribution < 1.29 is 4.74 Å². The lowest BCUT2D eigenvalue weighted by atomic mass is 10.1. The highest BCUT2D eigenvalue weighted by atomic mass is 16.5. The van der Waals surface area contributed by atoms with Crippen LogP contribution in [0.25, 0.3) is 0 Å². The second-order valence-electron chi connectivity index (χ2n) is 5.57. The third-order valence-electron chi connectivity index (χ3n) is 3.31. The van der Waals surface area contributed by atoms with Gasteiger partial charge in [-0.15, -0.1) is 0 Å². The fraction of sp³-hybridized carbons (Fsp3) is 0.625. The number of hydrogen-bond acceptors (Lipinski definition) is 3. The van der Waals surface area contributed by atoms with E-state index in [-0.39, 0.29) is 0 Å². The van der Waals surface area contributed by atoms with Crippen LogP contribution in [0.2, 0.25) is 0 Å². The van der Waals surface area contributed by atoms with Gasteiger partial charge in [-0.3, -0.25) is 0 Å². The van der Waals surface area contributed by atoms with E-state index in [1.165, 1.54) is 11.3 Å². The van der Waals surface area contributed by atoms with Crippen LogP contribution in [-0.2, 0) is 11.3 Å². The van der Waals surface area contributed by atoms with E-state index in [4.69, 9.17) is 4.74 Å². The highest BCUT2D eigenvalue weighted by Crippen LogP contribution is 2.21. The zero-order valence-corrected chi connectivity index (χ0v) is 12.9. The zero-order valence-electron chi connectivity index (χ0n) is 12.9. The molecule has 1 aromatic carbocycles. The van der Waals surface area contributed by atoms with Crippen LogP contribution in [0.4, 0.5) is 5.69 Å². The molecule has 0 spiro atoms. The number of anilines is 1. The molecule has 3 heteroatoms. The van der Waals surface area contributed by atoms with E-state index in [2.05, 4.69) is 62.3 Å². The van der Waals surface area contributed by atoms with Gasteiger partial charge < -0.3 is 15.0 Å². The average molecular weight is 264 g/mol. The second kappa shape index (κ2) is 8.18. The second-order valence-corrected chi connectivity index (χ2v) is 5.57. The van der Waals surface area contributed by atoms with E-state index >= 15 is 0 Å². The molecule has 0 aliphatic heterocycles. The maximum atomic E-state index is 5.24. The molecule has 0 amide bonds. The lowest BCUT2D eigenvalue weighted by Gasteiger charge is -2.28. The molecule has 1 unspecified atom stereocenters. The molecule has 0 aromatic heterocycles. The number of methoxy groups -OCH3 is 1. The van der Waals surface area contributed by atoms with E-state index in [1.54, 1.807) is 7.11 Å². The van der Waals surface area contributed by atoms with Gasteiger partial charge in [0.2, 0.25) is 0 Å². The van der Waals surface area contributed by atoms with Crippen LogP contribution >= 0.6 is 0 Å². The molecular weight excluding hydrogens is 236 g/mol. The van der Waals surface area contributed by atoms with Crippen molar-refractivity contribution in [3.63, 3.8) is 0 Å². The minimum Gasteiger partial charge on any atom is -0.383 e. The van der Waals surface area contributed by atoms with Crippen molar-refractivity contribution in [1.29, 1.82) is 0 Å². The van der Waals surface area contributed by atoms with Gasteiger partial charge in [0.05, 0.1) is 6.61 Å². The molecule has 1 N–H and O–H groups in total. The first-order valence-electron chi connectivity index (χ1n) is 7.06. The van der Waals surface area contributed by atoms with Crippen LogP contribution in [-0.4, -0.2) is 33.4 Å². The predicted molar refractivity (Wildman–Crippen MR) is 82.7 cm³/mol. The Bertz CT molecular complexity index is 366. The topological polar surface area (TPSA) is 24.5 Å². The maximum Gasteiger partial charge on any atom is 0.0663 e. The molecule has 19 heavy (non-hydrogen) atoms. The smallest absolute Gasteiger partial charge is 0.0663 e. The lowest BCUT2D eigenvalue weighted by Crippen LogP contribution is -2.33. The van der Waals surface area contributed by atoms with Crippen molar-refractivity contribution >= 4 is 5.69 Å². The van der Waals surface area contributed by atoms with Gasteiger partial charge >= 0.3 is 0 Å².